The number of amides is 2. The number of phenolic OH excluding ortho intramolecular Hbond substituents is 1. The second-order valence-electron chi connectivity index (χ2n) is 6.63. The van der Waals surface area contributed by atoms with Crippen LogP contribution in [0.25, 0.3) is 0 Å². The molecule has 0 radical (unpaired) electrons. The summed E-state index contributed by atoms with van der Waals surface area (Å²) in [5.41, 5.74) is 0.631. The predicted octanol–water partition coefficient (Wildman–Crippen LogP) is 1.90. The summed E-state index contributed by atoms with van der Waals surface area (Å²) in [6, 6.07) is 9.52. The van der Waals surface area contributed by atoms with Crippen LogP contribution in [-0.2, 0) is 14.3 Å². The molecule has 0 aliphatic carbocycles. The summed E-state index contributed by atoms with van der Waals surface area (Å²) in [5.74, 6) is -1.19. The van der Waals surface area contributed by atoms with E-state index in [1.54, 1.807) is 18.2 Å². The number of phenols is 1. The van der Waals surface area contributed by atoms with Gasteiger partial charge < -0.3 is 29.5 Å². The SMILES string of the molecule is COC(=O)c1cccc(NC(=O)C2CC(=O)N(c3ccc4c(c3)OCO4)C2)c1O. The van der Waals surface area contributed by atoms with E-state index < -0.39 is 17.8 Å². The van der Waals surface area contributed by atoms with Gasteiger partial charge in [-0.3, -0.25) is 9.59 Å². The minimum atomic E-state index is -0.719. The van der Waals surface area contributed by atoms with Crippen LogP contribution in [0.4, 0.5) is 11.4 Å². The number of esters is 1. The molecule has 2 aliphatic rings. The van der Waals surface area contributed by atoms with Crippen LogP contribution in [-0.4, -0.2) is 43.3 Å². The van der Waals surface area contributed by atoms with E-state index in [9.17, 15) is 19.5 Å². The van der Waals surface area contributed by atoms with E-state index in [-0.39, 0.29) is 42.7 Å². The van der Waals surface area contributed by atoms with Crippen molar-refractivity contribution in [3.8, 4) is 17.2 Å². The molecule has 2 aliphatic heterocycles. The van der Waals surface area contributed by atoms with Crippen LogP contribution in [0.5, 0.6) is 17.2 Å². The Morgan fingerprint density at radius 3 is 2.79 bits per heavy atom. The number of aromatic hydroxyl groups is 1. The molecule has 2 heterocycles. The third-order valence-corrected chi connectivity index (χ3v) is 4.86. The number of carbonyl (C=O) groups excluding carboxylic acids is 3. The molecule has 29 heavy (non-hydrogen) atoms. The zero-order valence-electron chi connectivity index (χ0n) is 15.5. The first kappa shape index (κ1) is 18.6. The van der Waals surface area contributed by atoms with Crippen LogP contribution >= 0.6 is 0 Å². The number of ether oxygens (including phenoxy) is 3. The van der Waals surface area contributed by atoms with Gasteiger partial charge in [-0.15, -0.1) is 0 Å². The maximum absolute atomic E-state index is 12.7. The van der Waals surface area contributed by atoms with Crippen molar-refractivity contribution in [2.45, 2.75) is 6.42 Å². The summed E-state index contributed by atoms with van der Waals surface area (Å²) in [7, 11) is 1.20. The first-order valence-electron chi connectivity index (χ1n) is 8.89. The fourth-order valence-electron chi connectivity index (χ4n) is 3.34. The van der Waals surface area contributed by atoms with E-state index in [1.807, 2.05) is 0 Å². The second-order valence-corrected chi connectivity index (χ2v) is 6.63. The second kappa shape index (κ2) is 7.34. The zero-order chi connectivity index (χ0) is 20.5. The maximum atomic E-state index is 12.7. The fourth-order valence-corrected chi connectivity index (χ4v) is 3.34. The van der Waals surface area contributed by atoms with Gasteiger partial charge in [0.2, 0.25) is 18.6 Å². The zero-order valence-corrected chi connectivity index (χ0v) is 15.5. The van der Waals surface area contributed by atoms with Gasteiger partial charge >= 0.3 is 5.97 Å². The standard InChI is InChI=1S/C20H18N2O7/c1-27-20(26)13-3-2-4-14(18(13)24)21-19(25)11-7-17(23)22(9-11)12-5-6-15-16(8-12)29-10-28-15/h2-6,8,11,24H,7,9-10H2,1H3,(H,21,25). The highest BCUT2D eigenvalue weighted by Crippen LogP contribution is 2.37. The lowest BCUT2D eigenvalue weighted by atomic mass is 10.1. The molecule has 2 N–H and O–H groups in total. The van der Waals surface area contributed by atoms with Crippen molar-refractivity contribution in [1.29, 1.82) is 0 Å². The van der Waals surface area contributed by atoms with Crippen LogP contribution in [0.1, 0.15) is 16.8 Å². The van der Waals surface area contributed by atoms with Gasteiger partial charge in [-0.05, 0) is 24.3 Å². The third-order valence-electron chi connectivity index (χ3n) is 4.86. The Hall–Kier alpha value is -3.75. The van der Waals surface area contributed by atoms with Gasteiger partial charge in [-0.2, -0.15) is 0 Å². The Bertz CT molecular complexity index is 1000. The first-order chi connectivity index (χ1) is 14.0. The number of carbonyl (C=O) groups is 3. The van der Waals surface area contributed by atoms with Gasteiger partial charge in [0.05, 0.1) is 18.7 Å². The van der Waals surface area contributed by atoms with Crippen molar-refractivity contribution in [3.63, 3.8) is 0 Å². The summed E-state index contributed by atoms with van der Waals surface area (Å²) in [6.07, 6.45) is 0.0255. The molecule has 1 saturated heterocycles. The molecule has 9 heteroatoms. The number of para-hydroxylation sites is 1. The maximum Gasteiger partial charge on any atom is 0.341 e. The number of anilines is 2. The lowest BCUT2D eigenvalue weighted by molar-refractivity contribution is -0.122. The highest BCUT2D eigenvalue weighted by Gasteiger charge is 2.36. The van der Waals surface area contributed by atoms with Crippen LogP contribution in [0.2, 0.25) is 0 Å². The van der Waals surface area contributed by atoms with Crippen LogP contribution in [0, 0.1) is 5.92 Å². The topological polar surface area (TPSA) is 114 Å². The molecule has 0 spiro atoms. The number of rotatable bonds is 4. The van der Waals surface area contributed by atoms with Crippen molar-refractivity contribution in [2.75, 3.05) is 30.7 Å². The van der Waals surface area contributed by atoms with E-state index in [0.717, 1.165) is 0 Å². The smallest absolute Gasteiger partial charge is 0.341 e. The van der Waals surface area contributed by atoms with Gasteiger partial charge in [0.15, 0.2) is 17.2 Å². The summed E-state index contributed by atoms with van der Waals surface area (Å²) in [6.45, 7) is 0.313. The molecule has 1 unspecified atom stereocenters. The molecule has 150 valence electrons. The summed E-state index contributed by atoms with van der Waals surface area (Å²) >= 11 is 0. The average molecular weight is 398 g/mol. The normalized spacial score (nSPS) is 17.3. The molecule has 4 rings (SSSR count). The first-order valence-corrected chi connectivity index (χ1v) is 8.89. The number of nitrogens with one attached hydrogen (secondary N) is 1. The van der Waals surface area contributed by atoms with Crippen molar-refractivity contribution in [3.05, 3.63) is 42.0 Å². The van der Waals surface area contributed by atoms with E-state index in [2.05, 4.69) is 10.1 Å². The van der Waals surface area contributed by atoms with Crippen molar-refractivity contribution in [1.82, 2.24) is 0 Å². The molecule has 0 saturated carbocycles. The van der Waals surface area contributed by atoms with E-state index in [0.29, 0.717) is 17.2 Å². The van der Waals surface area contributed by atoms with Gasteiger partial charge in [0.1, 0.15) is 5.56 Å². The number of fused-ring (bicyclic) bond motifs is 1. The highest BCUT2D eigenvalue weighted by molar-refractivity contribution is 6.05. The Morgan fingerprint density at radius 2 is 2.00 bits per heavy atom. The van der Waals surface area contributed by atoms with Crippen LogP contribution < -0.4 is 19.7 Å². The summed E-state index contributed by atoms with van der Waals surface area (Å²) in [4.78, 5) is 38.3. The Kier molecular flexibility index (Phi) is 4.71. The number of hydrogen-bond acceptors (Lipinski definition) is 7. The molecule has 2 amide bonds. The Labute approximate surface area is 165 Å². The number of methoxy groups -OCH3 is 1. The monoisotopic (exact) mass is 398 g/mol. The molecular weight excluding hydrogens is 380 g/mol. The van der Waals surface area contributed by atoms with Crippen molar-refractivity contribution < 1.29 is 33.7 Å². The van der Waals surface area contributed by atoms with E-state index >= 15 is 0 Å². The van der Waals surface area contributed by atoms with Gasteiger partial charge in [0, 0.05) is 24.7 Å². The number of nitrogens with zero attached hydrogens (tertiary/aromatic N) is 1. The molecular formula is C20H18N2O7. The molecule has 1 atom stereocenters. The summed E-state index contributed by atoms with van der Waals surface area (Å²) in [5, 5.41) is 12.8. The minimum absolute atomic E-state index is 0.0255. The minimum Gasteiger partial charge on any atom is -0.505 e. The lowest BCUT2D eigenvalue weighted by Gasteiger charge is -2.17. The summed E-state index contributed by atoms with van der Waals surface area (Å²) < 4.78 is 15.2. The highest BCUT2D eigenvalue weighted by atomic mass is 16.7. The van der Waals surface area contributed by atoms with Crippen LogP contribution in [0.3, 0.4) is 0 Å². The van der Waals surface area contributed by atoms with E-state index in [1.165, 1.54) is 30.2 Å². The molecule has 2 aromatic rings. The van der Waals surface area contributed by atoms with Crippen LogP contribution in [0.15, 0.2) is 36.4 Å². The fraction of sp³-hybridized carbons (Fsp3) is 0.250. The van der Waals surface area contributed by atoms with Crippen molar-refractivity contribution in [2.24, 2.45) is 5.92 Å². The van der Waals surface area contributed by atoms with Crippen molar-refractivity contribution >= 4 is 29.2 Å². The molecule has 0 bridgehead atoms. The van der Waals surface area contributed by atoms with E-state index in [4.69, 9.17) is 9.47 Å². The quantitative estimate of drug-likeness (QED) is 0.597. The molecule has 9 nitrogen and oxygen atoms in total. The Morgan fingerprint density at radius 1 is 1.21 bits per heavy atom. The van der Waals surface area contributed by atoms with Gasteiger partial charge in [-0.1, -0.05) is 6.07 Å². The molecule has 2 aromatic carbocycles. The molecule has 1 fully saturated rings. The lowest BCUT2D eigenvalue weighted by Crippen LogP contribution is -2.28. The Balaban J connectivity index is 1.48. The number of benzene rings is 2. The van der Waals surface area contributed by atoms with Gasteiger partial charge in [0.25, 0.3) is 0 Å². The largest absolute Gasteiger partial charge is 0.505 e. The third kappa shape index (κ3) is 3.42. The molecule has 0 aromatic heterocycles. The average Bonchev–Trinajstić information content (AvgIpc) is 3.34. The van der Waals surface area contributed by atoms with Gasteiger partial charge in [-0.25, -0.2) is 4.79 Å². The predicted molar refractivity (Wildman–Crippen MR) is 101 cm³/mol. The number of hydrogen-bond donors (Lipinski definition) is 2.